The van der Waals surface area contributed by atoms with E-state index < -0.39 is 34.8 Å². The van der Waals surface area contributed by atoms with Gasteiger partial charge in [0.1, 0.15) is 5.92 Å². The number of fused-ring (bicyclic) bond motifs is 1. The van der Waals surface area contributed by atoms with Crippen LogP contribution in [0.4, 0.5) is 11.4 Å². The van der Waals surface area contributed by atoms with Crippen LogP contribution in [0, 0.1) is 16.0 Å². The lowest BCUT2D eigenvalue weighted by atomic mass is 9.90. The molecule has 0 spiro atoms. The van der Waals surface area contributed by atoms with Crippen LogP contribution in [-0.4, -0.2) is 27.7 Å². The Morgan fingerprint density at radius 1 is 0.941 bits per heavy atom. The fraction of sp³-hybridized carbons (Fsp3) is 0.167. The van der Waals surface area contributed by atoms with Crippen molar-refractivity contribution < 1.29 is 19.3 Å². The third-order valence-corrected chi connectivity index (χ3v) is 6.53. The zero-order valence-electron chi connectivity index (χ0n) is 17.5. The largest absolute Gasteiger partial charge is 0.275 e. The van der Waals surface area contributed by atoms with Crippen LogP contribution in [0.25, 0.3) is 0 Å². The summed E-state index contributed by atoms with van der Waals surface area (Å²) in [5.74, 6) is -1.76. The second-order valence-corrected chi connectivity index (χ2v) is 8.86. The van der Waals surface area contributed by atoms with E-state index in [-0.39, 0.29) is 12.2 Å². The SMILES string of the molecule is O=C1[C@@H]2[C@@H](c3ccc(Cl)cc3Cl)N(c3cccc([N+](=O)[O-])c3)O[C@H]2C(=O)N1Cc1ccccc1. The second kappa shape index (κ2) is 8.72. The van der Waals surface area contributed by atoms with Crippen molar-refractivity contribution in [1.82, 2.24) is 4.90 Å². The molecule has 2 fully saturated rings. The van der Waals surface area contributed by atoms with Crippen molar-refractivity contribution in [1.29, 1.82) is 0 Å². The summed E-state index contributed by atoms with van der Waals surface area (Å²) in [6, 6.07) is 19.0. The van der Waals surface area contributed by atoms with Crippen molar-refractivity contribution in [2.75, 3.05) is 5.06 Å². The van der Waals surface area contributed by atoms with Crippen LogP contribution in [0.15, 0.2) is 72.8 Å². The highest BCUT2D eigenvalue weighted by atomic mass is 35.5. The molecule has 2 aliphatic heterocycles. The summed E-state index contributed by atoms with van der Waals surface area (Å²) in [6.45, 7) is 0.118. The number of hydrogen-bond acceptors (Lipinski definition) is 6. The van der Waals surface area contributed by atoms with E-state index in [0.29, 0.717) is 21.3 Å². The first-order valence-electron chi connectivity index (χ1n) is 10.4. The minimum Gasteiger partial charge on any atom is -0.275 e. The van der Waals surface area contributed by atoms with E-state index in [1.54, 1.807) is 24.3 Å². The molecule has 0 saturated carbocycles. The van der Waals surface area contributed by atoms with Gasteiger partial charge in [-0.25, -0.2) is 5.06 Å². The molecule has 0 radical (unpaired) electrons. The number of halogens is 2. The number of carbonyl (C=O) groups is 2. The second-order valence-electron chi connectivity index (χ2n) is 8.01. The Morgan fingerprint density at radius 2 is 1.71 bits per heavy atom. The number of carbonyl (C=O) groups excluding carboxylic acids is 2. The van der Waals surface area contributed by atoms with Crippen LogP contribution in [0.2, 0.25) is 10.0 Å². The molecular formula is C24H17Cl2N3O5. The molecule has 10 heteroatoms. The summed E-state index contributed by atoms with van der Waals surface area (Å²) < 4.78 is 0. The molecular weight excluding hydrogens is 481 g/mol. The number of rotatable bonds is 5. The van der Waals surface area contributed by atoms with E-state index >= 15 is 0 Å². The number of imide groups is 1. The lowest BCUT2D eigenvalue weighted by molar-refractivity contribution is -0.384. The highest BCUT2D eigenvalue weighted by Gasteiger charge is 2.60. The molecule has 2 saturated heterocycles. The van der Waals surface area contributed by atoms with Gasteiger partial charge in [-0.05, 0) is 29.3 Å². The summed E-state index contributed by atoms with van der Waals surface area (Å²) in [5, 5.41) is 13.4. The maximum atomic E-state index is 13.5. The Hall–Kier alpha value is -3.46. The van der Waals surface area contributed by atoms with Gasteiger partial charge in [0.2, 0.25) is 5.91 Å². The van der Waals surface area contributed by atoms with Gasteiger partial charge in [-0.1, -0.05) is 65.7 Å². The first kappa shape index (κ1) is 22.3. The smallest absolute Gasteiger partial charge is 0.271 e. The Bertz CT molecular complexity index is 1300. The third-order valence-electron chi connectivity index (χ3n) is 5.97. The Kier molecular flexibility index (Phi) is 5.73. The van der Waals surface area contributed by atoms with Crippen molar-refractivity contribution in [3.8, 4) is 0 Å². The average molecular weight is 498 g/mol. The minimum atomic E-state index is -1.09. The van der Waals surface area contributed by atoms with Gasteiger partial charge in [-0.3, -0.25) is 29.4 Å². The maximum absolute atomic E-state index is 13.5. The lowest BCUT2D eigenvalue weighted by Gasteiger charge is -2.29. The molecule has 0 aromatic heterocycles. The minimum absolute atomic E-state index is 0.118. The van der Waals surface area contributed by atoms with Crippen LogP contribution >= 0.6 is 23.2 Å². The van der Waals surface area contributed by atoms with Gasteiger partial charge < -0.3 is 0 Å². The summed E-state index contributed by atoms with van der Waals surface area (Å²) in [6.07, 6.45) is -1.09. The molecule has 2 aliphatic rings. The number of benzene rings is 3. The number of hydroxylamine groups is 1. The van der Waals surface area contributed by atoms with E-state index in [1.165, 1.54) is 28.2 Å². The average Bonchev–Trinajstić information content (AvgIpc) is 3.32. The molecule has 0 unspecified atom stereocenters. The number of anilines is 1. The molecule has 2 amide bonds. The van der Waals surface area contributed by atoms with E-state index in [2.05, 4.69) is 0 Å². The molecule has 172 valence electrons. The maximum Gasteiger partial charge on any atom is 0.271 e. The highest BCUT2D eigenvalue weighted by Crippen LogP contribution is 2.49. The van der Waals surface area contributed by atoms with Crippen LogP contribution in [0.1, 0.15) is 17.2 Å². The van der Waals surface area contributed by atoms with Crippen molar-refractivity contribution in [2.24, 2.45) is 5.92 Å². The third kappa shape index (κ3) is 3.79. The van der Waals surface area contributed by atoms with Crippen LogP contribution in [-0.2, 0) is 21.0 Å². The van der Waals surface area contributed by atoms with E-state index in [4.69, 9.17) is 28.0 Å². The predicted octanol–water partition coefficient (Wildman–Crippen LogP) is 4.95. The van der Waals surface area contributed by atoms with Gasteiger partial charge in [0.05, 0.1) is 23.2 Å². The molecule has 2 heterocycles. The van der Waals surface area contributed by atoms with Crippen molar-refractivity contribution in [2.45, 2.75) is 18.7 Å². The van der Waals surface area contributed by atoms with Crippen molar-refractivity contribution in [3.05, 3.63) is 104 Å². The van der Waals surface area contributed by atoms with Crippen LogP contribution in [0.5, 0.6) is 0 Å². The Balaban J connectivity index is 1.57. The lowest BCUT2D eigenvalue weighted by Crippen LogP contribution is -2.37. The number of nitro benzene ring substituents is 1. The molecule has 3 aromatic carbocycles. The first-order chi connectivity index (χ1) is 16.3. The van der Waals surface area contributed by atoms with Gasteiger partial charge in [-0.15, -0.1) is 0 Å². The zero-order chi connectivity index (χ0) is 24.0. The number of nitro groups is 1. The Labute approximate surface area is 204 Å². The highest BCUT2D eigenvalue weighted by molar-refractivity contribution is 6.35. The van der Waals surface area contributed by atoms with Gasteiger partial charge >= 0.3 is 0 Å². The Morgan fingerprint density at radius 3 is 2.41 bits per heavy atom. The molecule has 3 atom stereocenters. The van der Waals surface area contributed by atoms with Gasteiger partial charge in [0.25, 0.3) is 11.6 Å². The van der Waals surface area contributed by atoms with Crippen molar-refractivity contribution >= 4 is 46.4 Å². The quantitative estimate of drug-likeness (QED) is 0.281. The molecule has 0 aliphatic carbocycles. The van der Waals surface area contributed by atoms with E-state index in [0.717, 1.165) is 5.56 Å². The summed E-state index contributed by atoms with van der Waals surface area (Å²) in [5.41, 5.74) is 1.51. The van der Waals surface area contributed by atoms with Gasteiger partial charge in [0, 0.05) is 22.2 Å². The fourth-order valence-electron chi connectivity index (χ4n) is 4.42. The number of amides is 2. The van der Waals surface area contributed by atoms with Crippen LogP contribution < -0.4 is 5.06 Å². The number of nitrogens with zero attached hydrogens (tertiary/aromatic N) is 3. The number of non-ortho nitro benzene ring substituents is 1. The van der Waals surface area contributed by atoms with Crippen LogP contribution in [0.3, 0.4) is 0 Å². The topological polar surface area (TPSA) is 93.0 Å². The predicted molar refractivity (Wildman–Crippen MR) is 125 cm³/mol. The summed E-state index contributed by atoms with van der Waals surface area (Å²) in [4.78, 5) is 44.8. The van der Waals surface area contributed by atoms with Gasteiger partial charge in [-0.2, -0.15) is 0 Å². The molecule has 34 heavy (non-hydrogen) atoms. The molecule has 3 aromatic rings. The normalized spacial score (nSPS) is 21.8. The monoisotopic (exact) mass is 497 g/mol. The van der Waals surface area contributed by atoms with Crippen molar-refractivity contribution in [3.63, 3.8) is 0 Å². The molecule has 0 bridgehead atoms. The van der Waals surface area contributed by atoms with E-state index in [9.17, 15) is 19.7 Å². The summed E-state index contributed by atoms with van der Waals surface area (Å²) in [7, 11) is 0. The standard InChI is InChI=1S/C24H17Cl2N3O5/c25-15-9-10-18(19(26)11-15)21-20-22(34-28(21)16-7-4-8-17(12-16)29(32)33)24(31)27(23(20)30)13-14-5-2-1-3-6-14/h1-12,20-22H,13H2/t20-,21-,22-/m1/s1. The number of likely N-dealkylation sites (tertiary alicyclic amines) is 1. The van der Waals surface area contributed by atoms with Gasteiger partial charge in [0.15, 0.2) is 6.10 Å². The first-order valence-corrected chi connectivity index (χ1v) is 11.2. The molecule has 5 rings (SSSR count). The fourth-order valence-corrected chi connectivity index (χ4v) is 4.94. The number of hydrogen-bond donors (Lipinski definition) is 0. The molecule has 8 nitrogen and oxygen atoms in total. The molecule has 0 N–H and O–H groups in total. The zero-order valence-corrected chi connectivity index (χ0v) is 19.0. The van der Waals surface area contributed by atoms with E-state index in [1.807, 2.05) is 30.3 Å². The summed E-state index contributed by atoms with van der Waals surface area (Å²) >= 11 is 12.6.